The van der Waals surface area contributed by atoms with Gasteiger partial charge in [0.05, 0.1) is 11.1 Å². The molecule has 0 saturated carbocycles. The van der Waals surface area contributed by atoms with Gasteiger partial charge in [0.1, 0.15) is 6.33 Å². The van der Waals surface area contributed by atoms with E-state index in [-0.39, 0.29) is 11.3 Å². The Labute approximate surface area is 83.4 Å². The summed E-state index contributed by atoms with van der Waals surface area (Å²) in [6.45, 7) is 0. The van der Waals surface area contributed by atoms with Gasteiger partial charge in [-0.15, -0.1) is 0 Å². The molecule has 6 heteroatoms. The average Bonchev–Trinajstić information content (AvgIpc) is 2.59. The summed E-state index contributed by atoms with van der Waals surface area (Å²) < 4.78 is 1.37. The van der Waals surface area contributed by atoms with Crippen LogP contribution in [0.4, 0.5) is 0 Å². The Balaban J connectivity index is 2.66. The van der Waals surface area contributed by atoms with Gasteiger partial charge < -0.3 is 14.6 Å². The van der Waals surface area contributed by atoms with Crippen molar-refractivity contribution in [3.8, 4) is 0 Å². The number of hydrogen-bond acceptors (Lipinski definition) is 3. The van der Waals surface area contributed by atoms with Gasteiger partial charge in [0.25, 0.3) is 0 Å². The van der Waals surface area contributed by atoms with E-state index in [1.807, 2.05) is 0 Å². The molecule has 0 atom stereocenters. The highest BCUT2D eigenvalue weighted by atomic mass is 16.4. The predicted octanol–water partition coefficient (Wildman–Crippen LogP) is 0.731. The maximum atomic E-state index is 10.7. The number of pyridine rings is 1. The number of carbonyl (C=O) groups is 2. The van der Waals surface area contributed by atoms with Gasteiger partial charge in [-0.3, -0.25) is 0 Å². The van der Waals surface area contributed by atoms with Crippen LogP contribution in [-0.2, 0) is 0 Å². The number of nitrogens with zero attached hydrogens (tertiary/aromatic N) is 2. The monoisotopic (exact) mass is 206 g/mol. The molecule has 2 N–H and O–H groups in total. The molecule has 76 valence electrons. The van der Waals surface area contributed by atoms with Gasteiger partial charge in [-0.1, -0.05) is 0 Å². The Morgan fingerprint density at radius 3 is 2.53 bits per heavy atom. The lowest BCUT2D eigenvalue weighted by Gasteiger charge is -1.97. The third kappa shape index (κ3) is 1.41. The second kappa shape index (κ2) is 3.09. The maximum Gasteiger partial charge on any atom is 0.356 e. The number of carboxylic acid groups (broad SMARTS) is 2. The van der Waals surface area contributed by atoms with Gasteiger partial charge in [0, 0.05) is 6.20 Å². The van der Waals surface area contributed by atoms with Crippen molar-refractivity contribution in [3.63, 3.8) is 0 Å². The van der Waals surface area contributed by atoms with E-state index in [2.05, 4.69) is 4.98 Å². The minimum Gasteiger partial charge on any atom is -0.478 e. The van der Waals surface area contributed by atoms with Crippen molar-refractivity contribution in [2.45, 2.75) is 0 Å². The molecule has 0 unspecified atom stereocenters. The lowest BCUT2D eigenvalue weighted by atomic mass is 10.2. The Morgan fingerprint density at radius 2 is 1.93 bits per heavy atom. The van der Waals surface area contributed by atoms with Crippen molar-refractivity contribution in [1.29, 1.82) is 0 Å². The highest BCUT2D eigenvalue weighted by Crippen LogP contribution is 2.11. The first kappa shape index (κ1) is 9.20. The molecule has 2 aromatic heterocycles. The topological polar surface area (TPSA) is 91.9 Å². The van der Waals surface area contributed by atoms with Gasteiger partial charge in [0.15, 0.2) is 5.69 Å². The Bertz CT molecular complexity index is 558. The fourth-order valence-corrected chi connectivity index (χ4v) is 1.29. The third-order valence-electron chi connectivity index (χ3n) is 1.98. The molecule has 0 aliphatic rings. The van der Waals surface area contributed by atoms with Crippen molar-refractivity contribution in [2.24, 2.45) is 0 Å². The molecule has 0 spiro atoms. The predicted molar refractivity (Wildman–Crippen MR) is 49.1 cm³/mol. The molecule has 0 fully saturated rings. The minimum atomic E-state index is -1.14. The molecular weight excluding hydrogens is 200 g/mol. The molecule has 0 amide bonds. The van der Waals surface area contributed by atoms with Crippen molar-refractivity contribution in [2.75, 3.05) is 0 Å². The minimum absolute atomic E-state index is 0.0804. The summed E-state index contributed by atoms with van der Waals surface area (Å²) in [5, 5.41) is 17.5. The fourth-order valence-electron chi connectivity index (χ4n) is 1.29. The normalized spacial score (nSPS) is 10.4. The molecule has 2 rings (SSSR count). The van der Waals surface area contributed by atoms with E-state index in [1.54, 1.807) is 0 Å². The first-order valence-electron chi connectivity index (χ1n) is 4.03. The Morgan fingerprint density at radius 1 is 1.20 bits per heavy atom. The largest absolute Gasteiger partial charge is 0.478 e. The zero-order valence-electron chi connectivity index (χ0n) is 7.41. The summed E-state index contributed by atoms with van der Waals surface area (Å²) in [5.74, 6) is -2.21. The average molecular weight is 206 g/mol. The van der Waals surface area contributed by atoms with Gasteiger partial charge in [0.2, 0.25) is 0 Å². The van der Waals surface area contributed by atoms with E-state index in [0.717, 1.165) is 0 Å². The van der Waals surface area contributed by atoms with Crippen LogP contribution in [0.1, 0.15) is 20.8 Å². The zero-order chi connectivity index (χ0) is 11.0. The van der Waals surface area contributed by atoms with E-state index in [9.17, 15) is 9.59 Å². The number of fused-ring (bicyclic) bond motifs is 1. The van der Waals surface area contributed by atoms with Crippen LogP contribution in [0.5, 0.6) is 0 Å². The van der Waals surface area contributed by atoms with Gasteiger partial charge in [-0.05, 0) is 12.1 Å². The second-order valence-corrected chi connectivity index (χ2v) is 2.91. The number of aromatic nitrogens is 2. The lowest BCUT2D eigenvalue weighted by Crippen LogP contribution is -2.00. The molecule has 0 saturated heterocycles. The summed E-state index contributed by atoms with van der Waals surface area (Å²) in [7, 11) is 0. The molecule has 6 nitrogen and oxygen atoms in total. The van der Waals surface area contributed by atoms with Crippen molar-refractivity contribution < 1.29 is 19.8 Å². The number of aromatic carboxylic acids is 2. The molecular formula is C9H6N2O4. The maximum absolute atomic E-state index is 10.7. The van der Waals surface area contributed by atoms with E-state index < -0.39 is 11.9 Å². The van der Waals surface area contributed by atoms with Crippen LogP contribution in [0.2, 0.25) is 0 Å². The standard InChI is InChI=1S/C9H6N2O4/c12-8(13)5-1-2-6-7(9(14)15)10-4-11(6)3-5/h1-4H,(H,12,13)(H,14,15). The van der Waals surface area contributed by atoms with Gasteiger partial charge in [-0.25, -0.2) is 14.6 Å². The van der Waals surface area contributed by atoms with Crippen molar-refractivity contribution in [3.05, 3.63) is 35.9 Å². The Hall–Kier alpha value is -2.37. The summed E-state index contributed by atoms with van der Waals surface area (Å²) in [6.07, 6.45) is 2.59. The van der Waals surface area contributed by atoms with Crippen LogP contribution in [0.15, 0.2) is 24.7 Å². The van der Waals surface area contributed by atoms with Crippen molar-refractivity contribution >= 4 is 17.5 Å². The third-order valence-corrected chi connectivity index (χ3v) is 1.98. The summed E-state index contributed by atoms with van der Waals surface area (Å²) >= 11 is 0. The van der Waals surface area contributed by atoms with E-state index in [1.165, 1.54) is 29.1 Å². The summed E-state index contributed by atoms with van der Waals surface area (Å²) in [6, 6.07) is 2.76. The van der Waals surface area contributed by atoms with Gasteiger partial charge in [-0.2, -0.15) is 0 Å². The SMILES string of the molecule is O=C(O)c1ccc2c(C(=O)O)ncn2c1. The van der Waals surface area contributed by atoms with E-state index in [4.69, 9.17) is 10.2 Å². The highest BCUT2D eigenvalue weighted by Gasteiger charge is 2.12. The molecule has 2 heterocycles. The molecule has 0 aliphatic heterocycles. The molecule has 15 heavy (non-hydrogen) atoms. The van der Waals surface area contributed by atoms with E-state index >= 15 is 0 Å². The molecule has 0 radical (unpaired) electrons. The van der Waals surface area contributed by atoms with Crippen LogP contribution in [-0.4, -0.2) is 31.5 Å². The smallest absolute Gasteiger partial charge is 0.356 e. The van der Waals surface area contributed by atoms with Crippen LogP contribution in [0.25, 0.3) is 5.52 Å². The first-order valence-corrected chi connectivity index (χ1v) is 4.03. The van der Waals surface area contributed by atoms with E-state index in [0.29, 0.717) is 5.52 Å². The quantitative estimate of drug-likeness (QED) is 0.755. The Kier molecular flexibility index (Phi) is 1.89. The van der Waals surface area contributed by atoms with Crippen LogP contribution in [0, 0.1) is 0 Å². The number of carboxylic acids is 2. The van der Waals surface area contributed by atoms with Gasteiger partial charge >= 0.3 is 11.9 Å². The number of hydrogen-bond donors (Lipinski definition) is 2. The van der Waals surface area contributed by atoms with Crippen LogP contribution in [0.3, 0.4) is 0 Å². The summed E-state index contributed by atoms with van der Waals surface area (Å²) in [5.41, 5.74) is 0.358. The molecule has 2 aromatic rings. The molecule has 0 bridgehead atoms. The van der Waals surface area contributed by atoms with Crippen LogP contribution < -0.4 is 0 Å². The lowest BCUT2D eigenvalue weighted by molar-refractivity contribution is 0.0685. The summed E-state index contributed by atoms with van der Waals surface area (Å²) in [4.78, 5) is 25.0. The fraction of sp³-hybridized carbons (Fsp3) is 0. The van der Waals surface area contributed by atoms with Crippen LogP contribution >= 0.6 is 0 Å². The molecule has 0 aliphatic carbocycles. The number of rotatable bonds is 2. The first-order chi connectivity index (χ1) is 7.09. The number of imidazole rings is 1. The second-order valence-electron chi connectivity index (χ2n) is 2.91. The molecule has 0 aromatic carbocycles. The highest BCUT2D eigenvalue weighted by molar-refractivity contribution is 5.94. The zero-order valence-corrected chi connectivity index (χ0v) is 7.41. The van der Waals surface area contributed by atoms with Crippen molar-refractivity contribution in [1.82, 2.24) is 9.38 Å².